The first kappa shape index (κ1) is 27.3. The van der Waals surface area contributed by atoms with Gasteiger partial charge in [-0.15, -0.1) is 0 Å². The molecular formula is C28H47N5O3. The van der Waals surface area contributed by atoms with E-state index in [-0.39, 0.29) is 23.3 Å². The van der Waals surface area contributed by atoms with E-state index >= 15 is 0 Å². The molecule has 2 N–H and O–H groups in total. The molecule has 0 bridgehead atoms. The van der Waals surface area contributed by atoms with Crippen LogP contribution in [-0.2, 0) is 21.4 Å². The Bertz CT molecular complexity index is 851. The summed E-state index contributed by atoms with van der Waals surface area (Å²) in [6, 6.07) is 2.50. The van der Waals surface area contributed by atoms with Crippen molar-refractivity contribution in [2.75, 3.05) is 51.3 Å². The number of piperazine rings is 1. The van der Waals surface area contributed by atoms with Gasteiger partial charge in [-0.3, -0.25) is 9.69 Å². The van der Waals surface area contributed by atoms with Gasteiger partial charge >= 0.3 is 0 Å². The number of nitrogens with one attached hydrogen (secondary N) is 1. The molecule has 1 saturated heterocycles. The molecule has 0 unspecified atom stereocenters. The number of aliphatic hydroxyl groups excluding tert-OH is 1. The van der Waals surface area contributed by atoms with Crippen molar-refractivity contribution in [3.8, 4) is 0 Å². The highest BCUT2D eigenvalue weighted by Crippen LogP contribution is 2.32. The van der Waals surface area contributed by atoms with Gasteiger partial charge < -0.3 is 20.1 Å². The molecule has 1 aromatic heterocycles. The molecule has 2 aliphatic carbocycles. The maximum atomic E-state index is 12.5. The summed E-state index contributed by atoms with van der Waals surface area (Å²) in [6.07, 6.45) is 7.23. The third-order valence-corrected chi connectivity index (χ3v) is 8.20. The second kappa shape index (κ2) is 12.2. The first-order valence-electron chi connectivity index (χ1n) is 14.0. The molecule has 1 amide bonds. The lowest BCUT2D eigenvalue weighted by Gasteiger charge is -2.40. The smallest absolute Gasteiger partial charge is 0.223 e. The highest BCUT2D eigenvalue weighted by atomic mass is 16.5. The highest BCUT2D eigenvalue weighted by molar-refractivity contribution is 5.79. The zero-order chi connectivity index (χ0) is 25.7. The fourth-order valence-electron chi connectivity index (χ4n) is 5.63. The van der Waals surface area contributed by atoms with Gasteiger partial charge in [-0.2, -0.15) is 0 Å². The highest BCUT2D eigenvalue weighted by Gasteiger charge is 2.33. The van der Waals surface area contributed by atoms with E-state index in [1.807, 2.05) is 0 Å². The Morgan fingerprint density at radius 3 is 2.44 bits per heavy atom. The van der Waals surface area contributed by atoms with Crippen LogP contribution in [0.3, 0.4) is 0 Å². The van der Waals surface area contributed by atoms with E-state index < -0.39 is 0 Å². The Labute approximate surface area is 217 Å². The van der Waals surface area contributed by atoms with Crippen LogP contribution in [0.1, 0.15) is 77.2 Å². The monoisotopic (exact) mass is 501 g/mol. The minimum Gasteiger partial charge on any atom is -0.393 e. The van der Waals surface area contributed by atoms with Crippen molar-refractivity contribution in [1.29, 1.82) is 0 Å². The lowest BCUT2D eigenvalue weighted by atomic mass is 9.77. The number of nitrogens with zero attached hydrogens (tertiary/aromatic N) is 4. The van der Waals surface area contributed by atoms with Crippen LogP contribution in [0.25, 0.3) is 0 Å². The maximum absolute atomic E-state index is 12.5. The molecule has 1 aliphatic heterocycles. The van der Waals surface area contributed by atoms with Gasteiger partial charge in [-0.05, 0) is 57.4 Å². The number of aromatic nitrogens is 2. The quantitative estimate of drug-likeness (QED) is 0.538. The molecular weight excluding hydrogens is 454 g/mol. The number of hydrogen-bond acceptors (Lipinski definition) is 7. The number of rotatable bonds is 9. The molecule has 4 rings (SSSR count). The van der Waals surface area contributed by atoms with Crippen LogP contribution in [0, 0.1) is 11.8 Å². The van der Waals surface area contributed by atoms with Crippen LogP contribution < -0.4 is 10.2 Å². The zero-order valence-corrected chi connectivity index (χ0v) is 22.8. The molecule has 36 heavy (non-hydrogen) atoms. The number of carbonyl (C=O) groups excluding carboxylic acids is 1. The van der Waals surface area contributed by atoms with Gasteiger partial charge in [-0.25, -0.2) is 9.97 Å². The van der Waals surface area contributed by atoms with Crippen molar-refractivity contribution in [2.24, 2.45) is 11.8 Å². The normalized spacial score (nSPS) is 27.5. The summed E-state index contributed by atoms with van der Waals surface area (Å²) in [4.78, 5) is 27.2. The standard InChI is InChI=1S/C28H47N5O3/c1-28(2,3)27-30-22(10-16-36-4)19-25(31-27)33-14-12-32(13-15-33)11-9-20-17-23(18-20)29-26(35)21-5-7-24(34)8-6-21/h19-21,23-24,34H,5-18H2,1-4H3,(H,29,35)/t20-,21-,23-,24-. The van der Waals surface area contributed by atoms with Crippen LogP contribution in [0.15, 0.2) is 6.07 Å². The Morgan fingerprint density at radius 1 is 1.11 bits per heavy atom. The number of anilines is 1. The van der Waals surface area contributed by atoms with E-state index in [1.54, 1.807) is 7.11 Å². The van der Waals surface area contributed by atoms with Crippen LogP contribution in [0.2, 0.25) is 0 Å². The van der Waals surface area contributed by atoms with Crippen LogP contribution >= 0.6 is 0 Å². The number of aliphatic hydroxyl groups is 1. The van der Waals surface area contributed by atoms with Crippen LogP contribution in [0.5, 0.6) is 0 Å². The Balaban J connectivity index is 1.18. The minimum absolute atomic E-state index is 0.0847. The molecule has 0 aromatic carbocycles. The first-order chi connectivity index (χ1) is 17.2. The largest absolute Gasteiger partial charge is 0.393 e. The molecule has 0 spiro atoms. The Morgan fingerprint density at radius 2 is 1.81 bits per heavy atom. The lowest BCUT2D eigenvalue weighted by molar-refractivity contribution is -0.128. The second-order valence-corrected chi connectivity index (χ2v) is 12.2. The van der Waals surface area contributed by atoms with E-state index in [0.717, 1.165) is 101 Å². The van der Waals surface area contributed by atoms with Gasteiger partial charge in [0.15, 0.2) is 0 Å². The molecule has 8 nitrogen and oxygen atoms in total. The van der Waals surface area contributed by atoms with Gasteiger partial charge in [-0.1, -0.05) is 20.8 Å². The van der Waals surface area contributed by atoms with Crippen molar-refractivity contribution in [3.05, 3.63) is 17.6 Å². The molecule has 8 heteroatoms. The predicted octanol–water partition coefficient (Wildman–Crippen LogP) is 2.92. The van der Waals surface area contributed by atoms with E-state index in [2.05, 4.69) is 42.0 Å². The van der Waals surface area contributed by atoms with E-state index in [0.29, 0.717) is 12.6 Å². The average molecular weight is 502 g/mol. The number of amides is 1. The van der Waals surface area contributed by atoms with E-state index in [9.17, 15) is 9.90 Å². The third kappa shape index (κ3) is 7.39. The van der Waals surface area contributed by atoms with Crippen LogP contribution in [0.4, 0.5) is 5.82 Å². The van der Waals surface area contributed by atoms with Gasteiger partial charge in [0.1, 0.15) is 11.6 Å². The van der Waals surface area contributed by atoms with Crippen LogP contribution in [-0.4, -0.2) is 84.5 Å². The first-order valence-corrected chi connectivity index (χ1v) is 14.0. The summed E-state index contributed by atoms with van der Waals surface area (Å²) >= 11 is 0. The van der Waals surface area contributed by atoms with E-state index in [1.165, 1.54) is 6.42 Å². The van der Waals surface area contributed by atoms with Crippen molar-refractivity contribution >= 4 is 11.7 Å². The average Bonchev–Trinajstić information content (AvgIpc) is 2.84. The van der Waals surface area contributed by atoms with Crippen molar-refractivity contribution in [3.63, 3.8) is 0 Å². The SMILES string of the molecule is COCCc1cc(N2CCN(CC[C@H]3C[C@H](NC(=O)[C@H]4CC[C@H](O)CC4)C3)CC2)nc(C(C)(C)C)n1. The lowest BCUT2D eigenvalue weighted by Crippen LogP contribution is -2.49. The Hall–Kier alpha value is -1.77. The molecule has 3 aliphatic rings. The number of ether oxygens (including phenoxy) is 1. The minimum atomic E-state index is -0.204. The summed E-state index contributed by atoms with van der Waals surface area (Å²) in [5.74, 6) is 2.99. The molecule has 3 fully saturated rings. The van der Waals surface area contributed by atoms with Gasteiger partial charge in [0.2, 0.25) is 5.91 Å². The number of hydrogen-bond donors (Lipinski definition) is 2. The third-order valence-electron chi connectivity index (χ3n) is 8.20. The summed E-state index contributed by atoms with van der Waals surface area (Å²) in [5, 5.41) is 12.9. The number of methoxy groups -OCH3 is 1. The number of carbonyl (C=O) groups is 1. The predicted molar refractivity (Wildman–Crippen MR) is 142 cm³/mol. The van der Waals surface area contributed by atoms with Crippen molar-refractivity contribution in [1.82, 2.24) is 20.2 Å². The Kier molecular flexibility index (Phi) is 9.23. The molecule has 202 valence electrons. The van der Waals surface area contributed by atoms with Crippen molar-refractivity contribution in [2.45, 2.75) is 89.7 Å². The van der Waals surface area contributed by atoms with E-state index in [4.69, 9.17) is 14.7 Å². The summed E-state index contributed by atoms with van der Waals surface area (Å²) < 4.78 is 5.28. The molecule has 0 radical (unpaired) electrons. The molecule has 2 heterocycles. The second-order valence-electron chi connectivity index (χ2n) is 12.2. The summed E-state index contributed by atoms with van der Waals surface area (Å²) in [5.41, 5.74) is 0.973. The fourth-order valence-corrected chi connectivity index (χ4v) is 5.63. The summed E-state index contributed by atoms with van der Waals surface area (Å²) in [7, 11) is 1.73. The zero-order valence-electron chi connectivity index (χ0n) is 22.8. The maximum Gasteiger partial charge on any atom is 0.223 e. The fraction of sp³-hybridized carbons (Fsp3) is 0.821. The molecule has 2 saturated carbocycles. The molecule has 1 aromatic rings. The van der Waals surface area contributed by atoms with Gasteiger partial charge in [0.25, 0.3) is 0 Å². The topological polar surface area (TPSA) is 90.8 Å². The molecule has 0 atom stereocenters. The summed E-state index contributed by atoms with van der Waals surface area (Å²) in [6.45, 7) is 12.4. The van der Waals surface area contributed by atoms with Gasteiger partial charge in [0, 0.05) is 68.8 Å². The van der Waals surface area contributed by atoms with Crippen molar-refractivity contribution < 1.29 is 14.6 Å². The van der Waals surface area contributed by atoms with Gasteiger partial charge in [0.05, 0.1) is 12.7 Å².